The minimum Gasteiger partial charge on any atom is -0.388 e. The smallest absolute Gasteiger partial charge is 0.146 e. The second-order valence-electron chi connectivity index (χ2n) is 7.50. The number of anilines is 2. The molecular weight excluding hydrogens is 382 g/mol. The van der Waals surface area contributed by atoms with E-state index in [1.807, 2.05) is 41.1 Å². The maximum atomic E-state index is 10.7. The number of rotatable bonds is 4. The molecule has 0 radical (unpaired) electrons. The minimum atomic E-state index is -0.964. The highest BCUT2D eigenvalue weighted by Gasteiger charge is 2.36. The first kappa shape index (κ1) is 18.5. The van der Waals surface area contributed by atoms with Crippen molar-refractivity contribution in [2.75, 3.05) is 11.5 Å². The van der Waals surface area contributed by atoms with E-state index in [1.54, 1.807) is 0 Å². The lowest BCUT2D eigenvalue weighted by atomic mass is 10.0. The second kappa shape index (κ2) is 7.05. The molecule has 152 valence electrons. The maximum absolute atomic E-state index is 10.7. The molecule has 0 unspecified atom stereocenters. The number of nitrogen functional groups attached to an aromatic ring is 2. The molecule has 6 N–H and O–H groups in total. The number of aliphatic hydroxyl groups is 2. The van der Waals surface area contributed by atoms with Crippen molar-refractivity contribution >= 4 is 33.7 Å². The number of nitrogens with two attached hydrogens (primary N) is 2. The molecule has 30 heavy (non-hydrogen) atoms. The number of fused-ring (bicyclic) bond motifs is 2. The molecule has 9 nitrogen and oxygen atoms in total. The number of aromatic nitrogens is 5. The Hall–Kier alpha value is -3.56. The molecule has 1 aromatic carbocycles. The summed E-state index contributed by atoms with van der Waals surface area (Å²) in [5, 5.41) is 22.0. The Morgan fingerprint density at radius 2 is 1.87 bits per heavy atom. The molecule has 3 heterocycles. The molecular formula is C21H21N7O2. The summed E-state index contributed by atoms with van der Waals surface area (Å²) in [7, 11) is 0. The van der Waals surface area contributed by atoms with Gasteiger partial charge in [0, 0.05) is 6.20 Å². The van der Waals surface area contributed by atoms with Crippen LogP contribution in [0.3, 0.4) is 0 Å². The minimum absolute atomic E-state index is 0.378. The van der Waals surface area contributed by atoms with Gasteiger partial charge in [0.2, 0.25) is 0 Å². The zero-order valence-corrected chi connectivity index (χ0v) is 16.1. The molecule has 0 saturated carbocycles. The lowest BCUT2D eigenvalue weighted by Crippen LogP contribution is -2.29. The lowest BCUT2D eigenvalue weighted by molar-refractivity contribution is 0.0317. The number of benzene rings is 1. The lowest BCUT2D eigenvalue weighted by Gasteiger charge is -2.19. The van der Waals surface area contributed by atoms with E-state index in [0.717, 1.165) is 27.6 Å². The Bertz CT molecular complexity index is 1280. The van der Waals surface area contributed by atoms with Crippen molar-refractivity contribution in [1.29, 1.82) is 0 Å². The second-order valence-corrected chi connectivity index (χ2v) is 7.50. The van der Waals surface area contributed by atoms with Crippen LogP contribution in [-0.2, 0) is 6.42 Å². The van der Waals surface area contributed by atoms with Gasteiger partial charge in [0.25, 0.3) is 0 Å². The number of hydrogen-bond acceptors (Lipinski definition) is 8. The van der Waals surface area contributed by atoms with E-state index in [-0.39, 0.29) is 0 Å². The Morgan fingerprint density at radius 3 is 2.73 bits per heavy atom. The van der Waals surface area contributed by atoms with E-state index < -0.39 is 18.2 Å². The molecule has 1 aliphatic rings. The van der Waals surface area contributed by atoms with Crippen LogP contribution in [0.25, 0.3) is 22.1 Å². The number of aliphatic hydroxyl groups excluding tert-OH is 2. The van der Waals surface area contributed by atoms with Crippen LogP contribution >= 0.6 is 0 Å². The first-order valence-corrected chi connectivity index (χ1v) is 9.66. The van der Waals surface area contributed by atoms with Crippen LogP contribution < -0.4 is 11.5 Å². The largest absolute Gasteiger partial charge is 0.388 e. The molecule has 3 atom stereocenters. The van der Waals surface area contributed by atoms with Crippen molar-refractivity contribution in [3.63, 3.8) is 0 Å². The van der Waals surface area contributed by atoms with Crippen LogP contribution in [0.1, 0.15) is 18.0 Å². The molecule has 0 spiro atoms. The van der Waals surface area contributed by atoms with Crippen LogP contribution in [0, 0.1) is 0 Å². The van der Waals surface area contributed by atoms with Gasteiger partial charge in [-0.05, 0) is 42.2 Å². The highest BCUT2D eigenvalue weighted by Crippen LogP contribution is 2.34. The van der Waals surface area contributed by atoms with E-state index in [9.17, 15) is 10.2 Å². The molecule has 4 aromatic rings. The van der Waals surface area contributed by atoms with Gasteiger partial charge in [0.15, 0.2) is 0 Å². The third-order valence-corrected chi connectivity index (χ3v) is 5.63. The van der Waals surface area contributed by atoms with E-state index in [4.69, 9.17) is 11.5 Å². The molecule has 3 aromatic heterocycles. The average molecular weight is 403 g/mol. The van der Waals surface area contributed by atoms with Crippen molar-refractivity contribution in [2.45, 2.75) is 31.1 Å². The van der Waals surface area contributed by atoms with Crippen molar-refractivity contribution in [3.05, 3.63) is 60.2 Å². The fraction of sp³-hybridized carbons (Fsp3) is 0.238. The quantitative estimate of drug-likeness (QED) is 0.373. The third kappa shape index (κ3) is 3.04. The maximum Gasteiger partial charge on any atom is 0.146 e. The zero-order valence-electron chi connectivity index (χ0n) is 16.1. The monoisotopic (exact) mass is 403 g/mol. The van der Waals surface area contributed by atoms with E-state index >= 15 is 0 Å². The summed E-state index contributed by atoms with van der Waals surface area (Å²) in [4.78, 5) is 16.8. The van der Waals surface area contributed by atoms with Crippen LogP contribution in [-0.4, -0.2) is 46.9 Å². The van der Waals surface area contributed by atoms with Crippen molar-refractivity contribution in [1.82, 2.24) is 24.5 Å². The van der Waals surface area contributed by atoms with Gasteiger partial charge in [0.1, 0.15) is 35.8 Å². The van der Waals surface area contributed by atoms with Crippen LogP contribution in [0.4, 0.5) is 11.6 Å². The summed E-state index contributed by atoms with van der Waals surface area (Å²) >= 11 is 0. The van der Waals surface area contributed by atoms with E-state index in [0.29, 0.717) is 30.1 Å². The average Bonchev–Trinajstić information content (AvgIpc) is 3.29. The van der Waals surface area contributed by atoms with E-state index in [2.05, 4.69) is 19.9 Å². The summed E-state index contributed by atoms with van der Waals surface area (Å²) in [5.41, 5.74) is 15.6. The standard InChI is InChI=1S/C21H21N7O2/c22-17-9-24-14-4-2-11(7-15(14)27-17)1-3-12-8-16(19(30)18(12)29)28-6-5-13-20(23)25-10-26-21(13)28/h2,4-10,16,18-19,29-30H,1,3H2,(H2,22,27)(H2,23,25,26)/t16-,18-,19+/m1/s1. The van der Waals surface area contributed by atoms with Crippen molar-refractivity contribution in [3.8, 4) is 0 Å². The Labute approximate surface area is 171 Å². The van der Waals surface area contributed by atoms with Crippen molar-refractivity contribution in [2.24, 2.45) is 0 Å². The first-order chi connectivity index (χ1) is 14.5. The molecule has 0 fully saturated rings. The molecule has 0 aliphatic heterocycles. The van der Waals surface area contributed by atoms with Crippen LogP contribution in [0.15, 0.2) is 54.6 Å². The summed E-state index contributed by atoms with van der Waals surface area (Å²) in [5.74, 6) is 0.763. The summed E-state index contributed by atoms with van der Waals surface area (Å²) in [6, 6.07) is 7.24. The van der Waals surface area contributed by atoms with Gasteiger partial charge >= 0.3 is 0 Å². The summed E-state index contributed by atoms with van der Waals surface area (Å²) in [6.07, 6.45) is 6.03. The Morgan fingerprint density at radius 1 is 1.00 bits per heavy atom. The predicted octanol–water partition coefficient (Wildman–Crippen LogP) is 1.37. The van der Waals surface area contributed by atoms with Crippen LogP contribution in [0.5, 0.6) is 0 Å². The third-order valence-electron chi connectivity index (χ3n) is 5.63. The predicted molar refractivity (Wildman–Crippen MR) is 113 cm³/mol. The topological polar surface area (TPSA) is 149 Å². The molecule has 0 bridgehead atoms. The molecule has 9 heteroatoms. The molecule has 1 aliphatic carbocycles. The zero-order chi connectivity index (χ0) is 20.8. The fourth-order valence-corrected chi connectivity index (χ4v) is 4.05. The van der Waals surface area contributed by atoms with Crippen molar-refractivity contribution < 1.29 is 10.2 Å². The van der Waals surface area contributed by atoms with Gasteiger partial charge < -0.3 is 26.2 Å². The Balaban J connectivity index is 1.40. The number of aryl methyl sites for hydroxylation is 1. The number of hydrogen-bond donors (Lipinski definition) is 4. The van der Waals surface area contributed by atoms with Gasteiger partial charge in [-0.2, -0.15) is 0 Å². The normalized spacial score (nSPS) is 21.4. The molecule has 0 amide bonds. The first-order valence-electron chi connectivity index (χ1n) is 9.66. The summed E-state index contributed by atoms with van der Waals surface area (Å²) < 4.78 is 1.82. The number of nitrogens with zero attached hydrogens (tertiary/aromatic N) is 5. The van der Waals surface area contributed by atoms with Crippen LogP contribution in [0.2, 0.25) is 0 Å². The fourth-order valence-electron chi connectivity index (χ4n) is 4.05. The van der Waals surface area contributed by atoms with Gasteiger partial charge in [0.05, 0.1) is 28.7 Å². The highest BCUT2D eigenvalue weighted by atomic mass is 16.3. The van der Waals surface area contributed by atoms with E-state index in [1.165, 1.54) is 12.5 Å². The highest BCUT2D eigenvalue weighted by molar-refractivity contribution is 5.86. The SMILES string of the molecule is Nc1cnc2ccc(CCC3=C[C@@H](n4ccc5c(N)ncnc54)[C@H](O)[C@@H]3O)cc2n1. The van der Waals surface area contributed by atoms with Gasteiger partial charge in [-0.25, -0.2) is 15.0 Å². The Kier molecular flexibility index (Phi) is 4.34. The van der Waals surface area contributed by atoms with Gasteiger partial charge in [-0.1, -0.05) is 12.1 Å². The summed E-state index contributed by atoms with van der Waals surface area (Å²) in [6.45, 7) is 0. The van der Waals surface area contributed by atoms with Gasteiger partial charge in [-0.3, -0.25) is 4.98 Å². The molecule has 0 saturated heterocycles. The van der Waals surface area contributed by atoms with Gasteiger partial charge in [-0.15, -0.1) is 0 Å². The molecule has 5 rings (SSSR count).